The Hall–Kier alpha value is -7.60. The average Bonchev–Trinajstić information content (AvgIpc) is 3.72. The molecule has 2 heterocycles. The lowest BCUT2D eigenvalue weighted by molar-refractivity contribution is -0.137. The zero-order chi connectivity index (χ0) is 37.1. The Bertz CT molecular complexity index is 3090. The minimum atomic E-state index is -4.76. The van der Waals surface area contributed by atoms with Crippen molar-refractivity contribution >= 4 is 43.6 Å². The van der Waals surface area contributed by atoms with E-state index in [4.69, 9.17) is 0 Å². The number of aromatic nitrogens is 2. The van der Waals surface area contributed by atoms with E-state index in [-0.39, 0.29) is 22.3 Å². The molecule has 0 aliphatic carbocycles. The molecule has 8 heteroatoms. The second kappa shape index (κ2) is 12.3. The highest BCUT2D eigenvalue weighted by molar-refractivity contribution is 6.12. The van der Waals surface area contributed by atoms with E-state index < -0.39 is 11.7 Å². The molecule has 0 radical (unpaired) electrons. The van der Waals surface area contributed by atoms with E-state index in [1.807, 2.05) is 89.5 Å². The molecule has 0 spiro atoms. The second-order valence-corrected chi connectivity index (χ2v) is 13.0. The number of rotatable bonds is 4. The van der Waals surface area contributed by atoms with Crippen LogP contribution in [0.3, 0.4) is 0 Å². The van der Waals surface area contributed by atoms with Crippen molar-refractivity contribution in [1.29, 1.82) is 15.8 Å². The number of benzene rings is 7. The first kappa shape index (κ1) is 32.3. The first-order chi connectivity index (χ1) is 26.3. The lowest BCUT2D eigenvalue weighted by atomic mass is 9.94. The summed E-state index contributed by atoms with van der Waals surface area (Å²) in [5.74, 6) is 0. The summed E-state index contributed by atoms with van der Waals surface area (Å²) in [6.45, 7) is 0. The highest BCUT2D eigenvalue weighted by atomic mass is 19.4. The summed E-state index contributed by atoms with van der Waals surface area (Å²) in [7, 11) is 0. The quantitative estimate of drug-likeness (QED) is 0.183. The van der Waals surface area contributed by atoms with E-state index >= 15 is 0 Å². The number of fused-ring (bicyclic) bond motifs is 6. The lowest BCUT2D eigenvalue weighted by Crippen LogP contribution is -2.09. The van der Waals surface area contributed by atoms with Crippen LogP contribution in [-0.2, 0) is 6.18 Å². The van der Waals surface area contributed by atoms with E-state index in [1.54, 1.807) is 12.1 Å². The summed E-state index contributed by atoms with van der Waals surface area (Å²) in [6, 6.07) is 50.2. The molecule has 0 aliphatic rings. The largest absolute Gasteiger partial charge is 0.417 e. The summed E-state index contributed by atoms with van der Waals surface area (Å²) in [6.07, 6.45) is -4.76. The molecule has 0 unspecified atom stereocenters. The van der Waals surface area contributed by atoms with Gasteiger partial charge in [-0.15, -0.1) is 0 Å². The van der Waals surface area contributed by atoms with Gasteiger partial charge in [0, 0.05) is 32.7 Å². The van der Waals surface area contributed by atoms with Gasteiger partial charge in [-0.2, -0.15) is 29.0 Å². The van der Waals surface area contributed by atoms with Gasteiger partial charge in [-0.3, -0.25) is 0 Å². The Kier molecular flexibility index (Phi) is 7.34. The number of halogens is 3. The molecule has 0 saturated carbocycles. The number of hydrogen-bond acceptors (Lipinski definition) is 3. The predicted octanol–water partition coefficient (Wildman–Crippen LogP) is 11.8. The van der Waals surface area contributed by atoms with Crippen LogP contribution in [0, 0.1) is 34.0 Å². The van der Waals surface area contributed by atoms with Crippen LogP contribution in [0.4, 0.5) is 13.2 Å². The Morgan fingerprint density at radius 1 is 0.407 bits per heavy atom. The van der Waals surface area contributed by atoms with Gasteiger partial charge in [-0.25, -0.2) is 0 Å². The Balaban J connectivity index is 1.32. The molecular weight excluding hydrogens is 680 g/mol. The van der Waals surface area contributed by atoms with Gasteiger partial charge in [-0.05, 0) is 90.0 Å². The van der Waals surface area contributed by atoms with E-state index in [0.717, 1.165) is 66.5 Å². The highest BCUT2D eigenvalue weighted by Gasteiger charge is 2.35. The monoisotopic (exact) mass is 703 g/mol. The Labute approximate surface area is 306 Å². The van der Waals surface area contributed by atoms with Crippen molar-refractivity contribution in [3.63, 3.8) is 0 Å². The van der Waals surface area contributed by atoms with Crippen molar-refractivity contribution in [2.45, 2.75) is 6.18 Å². The normalized spacial score (nSPS) is 11.6. The first-order valence-corrected chi connectivity index (χ1v) is 17.0. The fourth-order valence-corrected chi connectivity index (χ4v) is 7.71. The average molecular weight is 704 g/mol. The molecule has 0 N–H and O–H groups in total. The molecule has 2 aromatic heterocycles. The van der Waals surface area contributed by atoms with E-state index in [2.05, 4.69) is 47.0 Å². The number of hydrogen-bond donors (Lipinski definition) is 0. The molecule has 0 bridgehead atoms. The smallest absolute Gasteiger partial charge is 0.309 e. The molecule has 254 valence electrons. The standard InChI is InChI=1S/C46H24F3N5/c47-46(48,49)39-23-30(27-52)13-17-32(39)37-22-29(26-51)15-19-44(37)54-42-12-6-3-9-35(42)38-24-31(16-20-45(38)54)36-21-28(25-50)14-18-43(36)53-40-10-4-1-7-33(40)34-8-2-5-11-41(34)53/h1-24H. The summed E-state index contributed by atoms with van der Waals surface area (Å²) in [5.41, 5.74) is 6.26. The van der Waals surface area contributed by atoms with Crippen molar-refractivity contribution in [3.8, 4) is 51.8 Å². The first-order valence-electron chi connectivity index (χ1n) is 17.0. The van der Waals surface area contributed by atoms with Crippen LogP contribution in [0.25, 0.3) is 77.2 Å². The summed E-state index contributed by atoms with van der Waals surface area (Å²) in [4.78, 5) is 0. The maximum absolute atomic E-state index is 14.6. The predicted molar refractivity (Wildman–Crippen MR) is 205 cm³/mol. The van der Waals surface area contributed by atoms with Crippen LogP contribution in [-0.4, -0.2) is 9.13 Å². The number of alkyl halides is 3. The van der Waals surface area contributed by atoms with Crippen LogP contribution in [0.2, 0.25) is 0 Å². The Morgan fingerprint density at radius 3 is 1.39 bits per heavy atom. The van der Waals surface area contributed by atoms with Crippen molar-refractivity contribution in [1.82, 2.24) is 9.13 Å². The topological polar surface area (TPSA) is 81.2 Å². The van der Waals surface area contributed by atoms with Crippen LogP contribution >= 0.6 is 0 Å². The Morgan fingerprint density at radius 2 is 0.852 bits per heavy atom. The van der Waals surface area contributed by atoms with Gasteiger partial charge in [0.05, 0.1) is 73.9 Å². The number of nitrogens with zero attached hydrogens (tertiary/aromatic N) is 5. The molecule has 0 aliphatic heterocycles. The molecule has 9 rings (SSSR count). The van der Waals surface area contributed by atoms with Crippen LogP contribution in [0.1, 0.15) is 22.3 Å². The van der Waals surface area contributed by atoms with Crippen molar-refractivity contribution < 1.29 is 13.2 Å². The van der Waals surface area contributed by atoms with E-state index in [0.29, 0.717) is 11.3 Å². The molecule has 0 amide bonds. The highest BCUT2D eigenvalue weighted by Crippen LogP contribution is 2.44. The van der Waals surface area contributed by atoms with E-state index in [1.165, 1.54) is 18.2 Å². The minimum Gasteiger partial charge on any atom is -0.309 e. The molecule has 0 fully saturated rings. The third-order valence-electron chi connectivity index (χ3n) is 10.0. The summed E-state index contributed by atoms with van der Waals surface area (Å²) in [5, 5.41) is 33.2. The van der Waals surface area contributed by atoms with Gasteiger partial charge >= 0.3 is 6.18 Å². The third kappa shape index (κ3) is 4.99. The van der Waals surface area contributed by atoms with Crippen LogP contribution < -0.4 is 0 Å². The van der Waals surface area contributed by atoms with Crippen LogP contribution in [0.15, 0.2) is 146 Å². The number of nitriles is 3. The van der Waals surface area contributed by atoms with Crippen molar-refractivity contribution in [2.24, 2.45) is 0 Å². The fraction of sp³-hybridized carbons (Fsp3) is 0.0217. The van der Waals surface area contributed by atoms with Gasteiger partial charge in [-0.1, -0.05) is 66.7 Å². The molecule has 0 saturated heterocycles. The van der Waals surface area contributed by atoms with E-state index in [9.17, 15) is 29.0 Å². The maximum atomic E-state index is 14.6. The van der Waals surface area contributed by atoms with Gasteiger partial charge in [0.25, 0.3) is 0 Å². The third-order valence-corrected chi connectivity index (χ3v) is 10.0. The summed E-state index contributed by atoms with van der Waals surface area (Å²) >= 11 is 0. The van der Waals surface area contributed by atoms with Gasteiger partial charge in [0.2, 0.25) is 0 Å². The SMILES string of the molecule is N#Cc1ccc(-n2c3ccccc3c3ccccc32)c(-c2ccc3c(c2)c2ccccc2n3-c2ccc(C#N)cc2-c2ccc(C#N)cc2C(F)(F)F)c1. The zero-order valence-corrected chi connectivity index (χ0v) is 28.2. The lowest BCUT2D eigenvalue weighted by Gasteiger charge is -2.19. The molecule has 7 aromatic carbocycles. The molecule has 5 nitrogen and oxygen atoms in total. The van der Waals surface area contributed by atoms with Gasteiger partial charge in [0.1, 0.15) is 0 Å². The van der Waals surface area contributed by atoms with Gasteiger partial charge in [0.15, 0.2) is 0 Å². The van der Waals surface area contributed by atoms with Crippen molar-refractivity contribution in [2.75, 3.05) is 0 Å². The maximum Gasteiger partial charge on any atom is 0.417 e. The summed E-state index contributed by atoms with van der Waals surface area (Å²) < 4.78 is 47.9. The number of para-hydroxylation sites is 3. The van der Waals surface area contributed by atoms with Crippen LogP contribution in [0.5, 0.6) is 0 Å². The minimum absolute atomic E-state index is 0.116. The molecule has 54 heavy (non-hydrogen) atoms. The molecular formula is C46H24F3N5. The van der Waals surface area contributed by atoms with Crippen molar-refractivity contribution in [3.05, 3.63) is 168 Å². The zero-order valence-electron chi connectivity index (χ0n) is 28.2. The molecule has 0 atom stereocenters. The fourth-order valence-electron chi connectivity index (χ4n) is 7.71. The molecule has 9 aromatic rings. The van der Waals surface area contributed by atoms with Gasteiger partial charge < -0.3 is 9.13 Å². The second-order valence-electron chi connectivity index (χ2n) is 13.0.